The van der Waals surface area contributed by atoms with E-state index in [1.807, 2.05) is 19.2 Å². The molecule has 3 rings (SSSR count). The lowest BCUT2D eigenvalue weighted by Gasteiger charge is -2.38. The standard InChI is InChI=1S/C14H21N3O/c1-11-4-8-15-13(16-11)17-12-5-9-18-14(10-12)6-2-3-7-14/h4,8,12H,2-3,5-7,9-10H2,1H3,(H,15,16,17). The fourth-order valence-corrected chi connectivity index (χ4v) is 3.22. The van der Waals surface area contributed by atoms with Crippen molar-refractivity contribution in [2.45, 2.75) is 57.1 Å². The van der Waals surface area contributed by atoms with E-state index in [-0.39, 0.29) is 5.60 Å². The van der Waals surface area contributed by atoms with Crippen molar-refractivity contribution in [1.29, 1.82) is 0 Å². The van der Waals surface area contributed by atoms with Crippen LogP contribution >= 0.6 is 0 Å². The molecule has 1 aromatic rings. The van der Waals surface area contributed by atoms with Gasteiger partial charge in [-0.05, 0) is 38.7 Å². The smallest absolute Gasteiger partial charge is 0.223 e. The second-order valence-corrected chi connectivity index (χ2v) is 5.59. The van der Waals surface area contributed by atoms with Crippen LogP contribution in [0.1, 0.15) is 44.2 Å². The van der Waals surface area contributed by atoms with Gasteiger partial charge in [0.15, 0.2) is 0 Å². The molecule has 18 heavy (non-hydrogen) atoms. The molecular weight excluding hydrogens is 226 g/mol. The van der Waals surface area contributed by atoms with E-state index in [1.54, 1.807) is 0 Å². The van der Waals surface area contributed by atoms with Crippen molar-refractivity contribution in [2.24, 2.45) is 0 Å². The Labute approximate surface area is 108 Å². The Balaban J connectivity index is 1.66. The van der Waals surface area contributed by atoms with Crippen molar-refractivity contribution in [1.82, 2.24) is 9.97 Å². The number of rotatable bonds is 2. The largest absolute Gasteiger partial charge is 0.375 e. The molecule has 4 heteroatoms. The third kappa shape index (κ3) is 2.48. The Bertz CT molecular complexity index is 415. The van der Waals surface area contributed by atoms with Crippen LogP contribution in [0, 0.1) is 6.92 Å². The third-order valence-electron chi connectivity index (χ3n) is 4.14. The molecule has 98 valence electrons. The molecule has 0 amide bonds. The van der Waals surface area contributed by atoms with Crippen LogP contribution in [0.25, 0.3) is 0 Å². The van der Waals surface area contributed by atoms with Gasteiger partial charge in [-0.1, -0.05) is 12.8 Å². The quantitative estimate of drug-likeness (QED) is 0.873. The zero-order valence-electron chi connectivity index (χ0n) is 11.0. The van der Waals surface area contributed by atoms with Gasteiger partial charge in [0.2, 0.25) is 5.95 Å². The molecule has 0 bridgehead atoms. The first-order valence-electron chi connectivity index (χ1n) is 6.96. The van der Waals surface area contributed by atoms with Crippen molar-refractivity contribution in [3.8, 4) is 0 Å². The Hall–Kier alpha value is -1.16. The van der Waals surface area contributed by atoms with Crippen molar-refractivity contribution in [3.05, 3.63) is 18.0 Å². The van der Waals surface area contributed by atoms with Gasteiger partial charge in [-0.2, -0.15) is 0 Å². The number of hydrogen-bond acceptors (Lipinski definition) is 4. The number of aromatic nitrogens is 2. The van der Waals surface area contributed by atoms with Crippen LogP contribution in [0.3, 0.4) is 0 Å². The molecule has 1 atom stereocenters. The van der Waals surface area contributed by atoms with Crippen LogP contribution in [0.4, 0.5) is 5.95 Å². The highest BCUT2D eigenvalue weighted by Crippen LogP contribution is 2.40. The summed E-state index contributed by atoms with van der Waals surface area (Å²) in [7, 11) is 0. The number of hydrogen-bond donors (Lipinski definition) is 1. The minimum Gasteiger partial charge on any atom is -0.375 e. The molecule has 1 unspecified atom stereocenters. The van der Waals surface area contributed by atoms with E-state index in [4.69, 9.17) is 4.74 Å². The molecule has 2 aliphatic rings. The highest BCUT2D eigenvalue weighted by Gasteiger charge is 2.39. The Morgan fingerprint density at radius 2 is 2.22 bits per heavy atom. The van der Waals surface area contributed by atoms with E-state index < -0.39 is 0 Å². The van der Waals surface area contributed by atoms with Gasteiger partial charge in [-0.3, -0.25) is 0 Å². The van der Waals surface area contributed by atoms with Crippen LogP contribution in [0.5, 0.6) is 0 Å². The fraction of sp³-hybridized carbons (Fsp3) is 0.714. The van der Waals surface area contributed by atoms with Gasteiger partial charge in [-0.15, -0.1) is 0 Å². The molecule has 1 aliphatic heterocycles. The van der Waals surface area contributed by atoms with Crippen molar-refractivity contribution < 1.29 is 4.74 Å². The minimum atomic E-state index is 0.153. The summed E-state index contributed by atoms with van der Waals surface area (Å²) in [5, 5.41) is 3.47. The fourth-order valence-electron chi connectivity index (χ4n) is 3.22. The summed E-state index contributed by atoms with van der Waals surface area (Å²) in [6.07, 6.45) is 9.04. The van der Waals surface area contributed by atoms with Gasteiger partial charge in [0.1, 0.15) is 0 Å². The highest BCUT2D eigenvalue weighted by atomic mass is 16.5. The molecule has 1 aromatic heterocycles. The first-order valence-corrected chi connectivity index (χ1v) is 6.96. The van der Waals surface area contributed by atoms with Gasteiger partial charge >= 0.3 is 0 Å². The van der Waals surface area contributed by atoms with Crippen LogP contribution in [0.15, 0.2) is 12.3 Å². The zero-order chi connectivity index (χ0) is 12.4. The van der Waals surface area contributed by atoms with Crippen molar-refractivity contribution in [2.75, 3.05) is 11.9 Å². The van der Waals surface area contributed by atoms with E-state index in [2.05, 4.69) is 15.3 Å². The normalized spacial score (nSPS) is 26.4. The second kappa shape index (κ2) is 4.84. The van der Waals surface area contributed by atoms with Gasteiger partial charge < -0.3 is 10.1 Å². The molecule has 4 nitrogen and oxygen atoms in total. The highest BCUT2D eigenvalue weighted by molar-refractivity contribution is 5.27. The van der Waals surface area contributed by atoms with Crippen molar-refractivity contribution in [3.63, 3.8) is 0 Å². The summed E-state index contributed by atoms with van der Waals surface area (Å²) < 4.78 is 6.04. The summed E-state index contributed by atoms with van der Waals surface area (Å²) in [6.45, 7) is 2.86. The number of nitrogens with zero attached hydrogens (tertiary/aromatic N) is 2. The molecule has 2 fully saturated rings. The van der Waals surface area contributed by atoms with E-state index in [0.717, 1.165) is 31.1 Å². The van der Waals surface area contributed by atoms with E-state index >= 15 is 0 Å². The third-order valence-corrected chi connectivity index (χ3v) is 4.14. The first-order chi connectivity index (χ1) is 8.76. The second-order valence-electron chi connectivity index (χ2n) is 5.59. The number of ether oxygens (including phenoxy) is 1. The summed E-state index contributed by atoms with van der Waals surface area (Å²) in [5.41, 5.74) is 1.16. The van der Waals surface area contributed by atoms with Crippen LogP contribution in [-0.4, -0.2) is 28.2 Å². The molecule has 0 aromatic carbocycles. The Morgan fingerprint density at radius 3 is 3.00 bits per heavy atom. The molecule has 1 N–H and O–H groups in total. The minimum absolute atomic E-state index is 0.153. The summed E-state index contributed by atoms with van der Waals surface area (Å²) >= 11 is 0. The van der Waals surface area contributed by atoms with Gasteiger partial charge in [0, 0.05) is 24.5 Å². The predicted octanol–water partition coefficient (Wildman–Crippen LogP) is 2.69. The SMILES string of the molecule is Cc1ccnc(NC2CCOC3(CCCC3)C2)n1. The average molecular weight is 247 g/mol. The molecule has 1 saturated heterocycles. The maximum absolute atomic E-state index is 6.04. The molecule has 1 spiro atoms. The lowest BCUT2D eigenvalue weighted by atomic mass is 9.89. The maximum atomic E-state index is 6.04. The lowest BCUT2D eigenvalue weighted by Crippen LogP contribution is -2.42. The molecule has 2 heterocycles. The number of anilines is 1. The molecular formula is C14H21N3O. The van der Waals surface area contributed by atoms with Gasteiger partial charge in [0.05, 0.1) is 5.60 Å². The molecule has 1 saturated carbocycles. The van der Waals surface area contributed by atoms with Crippen LogP contribution in [-0.2, 0) is 4.74 Å². The Morgan fingerprint density at radius 1 is 1.39 bits per heavy atom. The van der Waals surface area contributed by atoms with E-state index in [0.29, 0.717) is 6.04 Å². The zero-order valence-corrected chi connectivity index (χ0v) is 11.0. The monoisotopic (exact) mass is 247 g/mol. The average Bonchev–Trinajstić information content (AvgIpc) is 2.77. The topological polar surface area (TPSA) is 47.0 Å². The van der Waals surface area contributed by atoms with Gasteiger partial charge in [0.25, 0.3) is 0 Å². The summed E-state index contributed by atoms with van der Waals surface area (Å²) in [4.78, 5) is 8.70. The number of nitrogens with one attached hydrogen (secondary N) is 1. The van der Waals surface area contributed by atoms with Crippen LogP contribution < -0.4 is 5.32 Å². The van der Waals surface area contributed by atoms with Crippen LogP contribution in [0.2, 0.25) is 0 Å². The number of aryl methyl sites for hydroxylation is 1. The van der Waals surface area contributed by atoms with E-state index in [9.17, 15) is 0 Å². The Kier molecular flexibility index (Phi) is 3.20. The predicted molar refractivity (Wildman–Crippen MR) is 70.6 cm³/mol. The summed E-state index contributed by atoms with van der Waals surface area (Å²) in [5.74, 6) is 0.759. The lowest BCUT2D eigenvalue weighted by molar-refractivity contribution is -0.0767. The summed E-state index contributed by atoms with van der Waals surface area (Å²) in [6, 6.07) is 2.38. The first kappa shape index (κ1) is 11.9. The van der Waals surface area contributed by atoms with Gasteiger partial charge in [-0.25, -0.2) is 9.97 Å². The molecule has 0 radical (unpaired) electrons. The maximum Gasteiger partial charge on any atom is 0.223 e. The van der Waals surface area contributed by atoms with Crippen molar-refractivity contribution >= 4 is 5.95 Å². The van der Waals surface area contributed by atoms with E-state index in [1.165, 1.54) is 25.7 Å². The molecule has 1 aliphatic carbocycles.